The van der Waals surface area contributed by atoms with Crippen LogP contribution in [0.4, 0.5) is 0 Å². The lowest BCUT2D eigenvalue weighted by atomic mass is 10.0. The molecular formula is C14H19NO3. The van der Waals surface area contributed by atoms with E-state index in [1.165, 1.54) is 7.11 Å². The fourth-order valence-electron chi connectivity index (χ4n) is 1.62. The predicted molar refractivity (Wildman–Crippen MR) is 69.0 cm³/mol. The zero-order valence-electron chi connectivity index (χ0n) is 11.0. The van der Waals surface area contributed by atoms with Crippen molar-refractivity contribution in [3.8, 4) is 0 Å². The fourth-order valence-corrected chi connectivity index (χ4v) is 1.62. The molecule has 1 rings (SSSR count). The van der Waals surface area contributed by atoms with Crippen LogP contribution < -0.4 is 5.32 Å². The highest BCUT2D eigenvalue weighted by Crippen LogP contribution is 2.07. The molecule has 0 aromatic heterocycles. The molecule has 0 saturated carbocycles. The van der Waals surface area contributed by atoms with Crippen LogP contribution in [0.15, 0.2) is 30.3 Å². The van der Waals surface area contributed by atoms with Crippen molar-refractivity contribution in [3.05, 3.63) is 35.9 Å². The SMILES string of the molecule is COC(=O)C(C)(C)NC(=O)CCc1ccccc1. The molecule has 0 atom stereocenters. The monoisotopic (exact) mass is 249 g/mol. The van der Waals surface area contributed by atoms with Gasteiger partial charge in [-0.1, -0.05) is 30.3 Å². The summed E-state index contributed by atoms with van der Waals surface area (Å²) in [7, 11) is 1.31. The average Bonchev–Trinajstić information content (AvgIpc) is 2.36. The Morgan fingerprint density at radius 3 is 2.39 bits per heavy atom. The Labute approximate surface area is 107 Å². The second-order valence-corrected chi connectivity index (χ2v) is 4.65. The molecule has 1 aromatic rings. The van der Waals surface area contributed by atoms with Crippen molar-refractivity contribution in [2.75, 3.05) is 7.11 Å². The van der Waals surface area contributed by atoms with E-state index in [4.69, 9.17) is 0 Å². The van der Waals surface area contributed by atoms with Gasteiger partial charge in [-0.15, -0.1) is 0 Å². The molecule has 0 radical (unpaired) electrons. The lowest BCUT2D eigenvalue weighted by molar-refractivity contribution is -0.149. The molecule has 0 unspecified atom stereocenters. The summed E-state index contributed by atoms with van der Waals surface area (Å²) < 4.78 is 4.63. The molecule has 0 aliphatic heterocycles. The number of rotatable bonds is 5. The van der Waals surface area contributed by atoms with Crippen LogP contribution in [0.25, 0.3) is 0 Å². The molecule has 0 aliphatic carbocycles. The number of aryl methyl sites for hydroxylation is 1. The standard InChI is InChI=1S/C14H19NO3/c1-14(2,13(17)18-3)15-12(16)10-9-11-7-5-4-6-8-11/h4-8H,9-10H2,1-3H3,(H,15,16). The van der Waals surface area contributed by atoms with Gasteiger partial charge in [0.2, 0.25) is 5.91 Å². The van der Waals surface area contributed by atoms with Gasteiger partial charge in [-0.3, -0.25) is 4.79 Å². The number of ether oxygens (including phenoxy) is 1. The van der Waals surface area contributed by atoms with Crippen molar-refractivity contribution < 1.29 is 14.3 Å². The van der Waals surface area contributed by atoms with Crippen molar-refractivity contribution in [3.63, 3.8) is 0 Å². The lowest BCUT2D eigenvalue weighted by Crippen LogP contribution is -2.50. The summed E-state index contributed by atoms with van der Waals surface area (Å²) in [4.78, 5) is 23.1. The molecule has 18 heavy (non-hydrogen) atoms. The van der Waals surface area contributed by atoms with Crippen LogP contribution in [0.1, 0.15) is 25.8 Å². The molecule has 98 valence electrons. The maximum Gasteiger partial charge on any atom is 0.330 e. The first-order valence-corrected chi connectivity index (χ1v) is 5.89. The lowest BCUT2D eigenvalue weighted by Gasteiger charge is -2.23. The third kappa shape index (κ3) is 4.20. The van der Waals surface area contributed by atoms with Crippen LogP contribution in [-0.2, 0) is 20.7 Å². The summed E-state index contributed by atoms with van der Waals surface area (Å²) >= 11 is 0. The zero-order chi connectivity index (χ0) is 13.6. The maximum atomic E-state index is 11.7. The number of amides is 1. The smallest absolute Gasteiger partial charge is 0.330 e. The van der Waals surface area contributed by atoms with Crippen LogP contribution in [0.3, 0.4) is 0 Å². The van der Waals surface area contributed by atoms with Crippen LogP contribution in [0.5, 0.6) is 0 Å². The van der Waals surface area contributed by atoms with E-state index >= 15 is 0 Å². The number of nitrogens with one attached hydrogen (secondary N) is 1. The van der Waals surface area contributed by atoms with Crippen molar-refractivity contribution in [1.29, 1.82) is 0 Å². The molecule has 1 N–H and O–H groups in total. The van der Waals surface area contributed by atoms with E-state index in [1.54, 1.807) is 13.8 Å². The van der Waals surface area contributed by atoms with Gasteiger partial charge in [0.15, 0.2) is 0 Å². The van der Waals surface area contributed by atoms with Crippen molar-refractivity contribution in [2.24, 2.45) is 0 Å². The van der Waals surface area contributed by atoms with Crippen molar-refractivity contribution in [2.45, 2.75) is 32.2 Å². The van der Waals surface area contributed by atoms with E-state index in [0.29, 0.717) is 12.8 Å². The van der Waals surface area contributed by atoms with Gasteiger partial charge >= 0.3 is 5.97 Å². The normalized spacial score (nSPS) is 10.8. The van der Waals surface area contributed by atoms with E-state index in [2.05, 4.69) is 10.1 Å². The van der Waals surface area contributed by atoms with Gasteiger partial charge in [0, 0.05) is 6.42 Å². The summed E-state index contributed by atoms with van der Waals surface area (Å²) in [5.74, 6) is -0.607. The quantitative estimate of drug-likeness (QED) is 0.808. The third-order valence-corrected chi connectivity index (χ3v) is 2.63. The molecule has 0 fully saturated rings. The Morgan fingerprint density at radius 1 is 1.22 bits per heavy atom. The number of hydrogen-bond acceptors (Lipinski definition) is 3. The zero-order valence-corrected chi connectivity index (χ0v) is 11.0. The maximum absolute atomic E-state index is 11.7. The molecule has 1 amide bonds. The summed E-state index contributed by atoms with van der Waals surface area (Å²) in [6.07, 6.45) is 1.01. The molecule has 4 nitrogen and oxygen atoms in total. The highest BCUT2D eigenvalue weighted by atomic mass is 16.5. The van der Waals surface area contributed by atoms with Gasteiger partial charge in [-0.2, -0.15) is 0 Å². The average molecular weight is 249 g/mol. The van der Waals surface area contributed by atoms with Crippen LogP contribution >= 0.6 is 0 Å². The third-order valence-electron chi connectivity index (χ3n) is 2.63. The number of esters is 1. The second kappa shape index (κ2) is 6.19. The van der Waals surface area contributed by atoms with Crippen LogP contribution in [-0.4, -0.2) is 24.5 Å². The summed E-state index contributed by atoms with van der Waals surface area (Å²) in [6.45, 7) is 3.25. The molecule has 0 bridgehead atoms. The first-order chi connectivity index (χ1) is 8.45. The van der Waals surface area contributed by atoms with Gasteiger partial charge in [0.1, 0.15) is 5.54 Å². The predicted octanol–water partition coefficient (Wildman–Crippen LogP) is 1.69. The molecule has 0 spiro atoms. The summed E-state index contributed by atoms with van der Waals surface area (Å²) in [6, 6.07) is 9.75. The summed E-state index contributed by atoms with van der Waals surface area (Å²) in [5, 5.41) is 2.66. The molecule has 0 aliphatic rings. The van der Waals surface area contributed by atoms with E-state index in [0.717, 1.165) is 5.56 Å². The van der Waals surface area contributed by atoms with Gasteiger partial charge < -0.3 is 10.1 Å². The minimum atomic E-state index is -0.984. The van der Waals surface area contributed by atoms with Crippen molar-refractivity contribution >= 4 is 11.9 Å². The van der Waals surface area contributed by atoms with Gasteiger partial charge in [-0.05, 0) is 25.8 Å². The Balaban J connectivity index is 2.45. The number of carbonyl (C=O) groups excluding carboxylic acids is 2. The molecule has 0 saturated heterocycles. The van der Waals surface area contributed by atoms with Crippen LogP contribution in [0, 0.1) is 0 Å². The largest absolute Gasteiger partial charge is 0.467 e. The van der Waals surface area contributed by atoms with Crippen LogP contribution in [0.2, 0.25) is 0 Å². The first kappa shape index (κ1) is 14.2. The Kier molecular flexibility index (Phi) is 4.89. The summed E-state index contributed by atoms with van der Waals surface area (Å²) in [5.41, 5.74) is 0.117. The Bertz CT molecular complexity index is 412. The second-order valence-electron chi connectivity index (χ2n) is 4.65. The highest BCUT2D eigenvalue weighted by Gasteiger charge is 2.30. The molecular weight excluding hydrogens is 230 g/mol. The molecule has 0 heterocycles. The van der Waals surface area contributed by atoms with Crippen molar-refractivity contribution in [1.82, 2.24) is 5.32 Å². The van der Waals surface area contributed by atoms with E-state index in [9.17, 15) is 9.59 Å². The topological polar surface area (TPSA) is 55.4 Å². The minimum absolute atomic E-state index is 0.158. The highest BCUT2D eigenvalue weighted by molar-refractivity contribution is 5.87. The van der Waals surface area contributed by atoms with E-state index in [1.807, 2.05) is 30.3 Å². The Hall–Kier alpha value is -1.84. The van der Waals surface area contributed by atoms with Gasteiger partial charge in [0.25, 0.3) is 0 Å². The number of carbonyl (C=O) groups is 2. The molecule has 4 heteroatoms. The Morgan fingerprint density at radius 2 is 1.83 bits per heavy atom. The number of benzene rings is 1. The van der Waals surface area contributed by atoms with Gasteiger partial charge in [-0.25, -0.2) is 4.79 Å². The number of methoxy groups -OCH3 is 1. The number of hydrogen-bond donors (Lipinski definition) is 1. The van der Waals surface area contributed by atoms with E-state index < -0.39 is 11.5 Å². The first-order valence-electron chi connectivity index (χ1n) is 5.89. The van der Waals surface area contributed by atoms with E-state index in [-0.39, 0.29) is 5.91 Å². The molecule has 1 aromatic carbocycles. The fraction of sp³-hybridized carbons (Fsp3) is 0.429. The van der Waals surface area contributed by atoms with Gasteiger partial charge in [0.05, 0.1) is 7.11 Å². The minimum Gasteiger partial charge on any atom is -0.467 e.